The molecule has 0 bridgehead atoms. The van der Waals surface area contributed by atoms with Crippen LogP contribution in [-0.4, -0.2) is 31.5 Å². The average Bonchev–Trinajstić information content (AvgIpc) is 2.70. The molecule has 0 radical (unpaired) electrons. The maximum absolute atomic E-state index is 11.2. The zero-order valence-corrected chi connectivity index (χ0v) is 10.7. The Balaban J connectivity index is 1.91. The Kier molecular flexibility index (Phi) is 3.63. The van der Waals surface area contributed by atoms with Crippen LogP contribution < -0.4 is 5.32 Å². The van der Waals surface area contributed by atoms with E-state index in [2.05, 4.69) is 24.3 Å². The third kappa shape index (κ3) is 2.84. The van der Waals surface area contributed by atoms with Crippen molar-refractivity contribution in [2.24, 2.45) is 0 Å². The van der Waals surface area contributed by atoms with Gasteiger partial charge in [-0.2, -0.15) is 5.10 Å². The predicted molar refractivity (Wildman–Crippen MR) is 67.1 cm³/mol. The first-order valence-electron chi connectivity index (χ1n) is 5.81. The second-order valence-corrected chi connectivity index (χ2v) is 6.27. The van der Waals surface area contributed by atoms with Crippen molar-refractivity contribution < 1.29 is 4.21 Å². The van der Waals surface area contributed by atoms with E-state index < -0.39 is 10.8 Å². The van der Waals surface area contributed by atoms with Crippen molar-refractivity contribution >= 4 is 16.5 Å². The molecule has 0 unspecified atom stereocenters. The molecule has 90 valence electrons. The summed E-state index contributed by atoms with van der Waals surface area (Å²) in [5.74, 6) is 1.66. The van der Waals surface area contributed by atoms with Crippen LogP contribution in [0.4, 0.5) is 5.69 Å². The summed E-state index contributed by atoms with van der Waals surface area (Å²) in [6.07, 6.45) is 5.90. The molecule has 2 rings (SSSR count). The minimum atomic E-state index is -0.582. The van der Waals surface area contributed by atoms with E-state index in [0.29, 0.717) is 12.1 Å². The van der Waals surface area contributed by atoms with Crippen LogP contribution in [0.3, 0.4) is 0 Å². The fraction of sp³-hybridized carbons (Fsp3) is 0.727. The number of nitrogens with zero attached hydrogens (tertiary/aromatic N) is 2. The highest BCUT2D eigenvalue weighted by Gasteiger charge is 2.17. The third-order valence-corrected chi connectivity index (χ3v) is 4.27. The Labute approximate surface area is 98.9 Å². The fourth-order valence-electron chi connectivity index (χ4n) is 1.87. The second kappa shape index (κ2) is 4.99. The number of hydrogen-bond donors (Lipinski definition) is 1. The summed E-state index contributed by atoms with van der Waals surface area (Å²) in [5, 5.41) is 7.75. The monoisotopic (exact) mass is 241 g/mol. The van der Waals surface area contributed by atoms with Crippen molar-refractivity contribution in [1.29, 1.82) is 0 Å². The molecule has 16 heavy (non-hydrogen) atoms. The maximum atomic E-state index is 11.2. The summed E-state index contributed by atoms with van der Waals surface area (Å²) >= 11 is 0. The van der Waals surface area contributed by atoms with E-state index in [4.69, 9.17) is 0 Å². The van der Waals surface area contributed by atoms with Gasteiger partial charge >= 0.3 is 0 Å². The molecule has 1 saturated heterocycles. The molecule has 0 spiro atoms. The van der Waals surface area contributed by atoms with Gasteiger partial charge in [0, 0.05) is 40.6 Å². The first-order chi connectivity index (χ1) is 7.65. The molecule has 0 saturated carbocycles. The maximum Gasteiger partial charge on any atom is 0.0728 e. The van der Waals surface area contributed by atoms with Crippen LogP contribution in [0.15, 0.2) is 12.4 Å². The number of aromatic nitrogens is 2. The SMILES string of the molecule is CC(C)n1cc(NC2CCS(=O)CC2)cn1. The standard InChI is InChI=1S/C11H19N3OS/c1-9(2)14-8-11(7-12-14)13-10-3-5-16(15)6-4-10/h7-10,13H,3-6H2,1-2H3. The van der Waals surface area contributed by atoms with Crippen LogP contribution in [0.25, 0.3) is 0 Å². The highest BCUT2D eigenvalue weighted by atomic mass is 32.2. The summed E-state index contributed by atoms with van der Waals surface area (Å²) in [5.41, 5.74) is 1.08. The zero-order chi connectivity index (χ0) is 11.5. The number of anilines is 1. The number of hydrogen-bond acceptors (Lipinski definition) is 3. The summed E-state index contributed by atoms with van der Waals surface area (Å²) in [7, 11) is -0.582. The highest BCUT2D eigenvalue weighted by Crippen LogP contribution is 2.16. The van der Waals surface area contributed by atoms with E-state index in [1.165, 1.54) is 0 Å². The van der Waals surface area contributed by atoms with Gasteiger partial charge in [-0.3, -0.25) is 8.89 Å². The molecule has 1 aliphatic heterocycles. The molecular weight excluding hydrogens is 222 g/mol. The van der Waals surface area contributed by atoms with Crippen molar-refractivity contribution in [3.63, 3.8) is 0 Å². The van der Waals surface area contributed by atoms with E-state index in [-0.39, 0.29) is 0 Å². The van der Waals surface area contributed by atoms with Crippen molar-refractivity contribution in [3.8, 4) is 0 Å². The lowest BCUT2D eigenvalue weighted by Gasteiger charge is -2.22. The molecule has 1 N–H and O–H groups in total. The van der Waals surface area contributed by atoms with Gasteiger partial charge in [0.25, 0.3) is 0 Å². The van der Waals surface area contributed by atoms with Gasteiger partial charge in [-0.05, 0) is 26.7 Å². The minimum Gasteiger partial charge on any atom is -0.380 e. The van der Waals surface area contributed by atoms with Crippen molar-refractivity contribution in [2.45, 2.75) is 38.8 Å². The van der Waals surface area contributed by atoms with Gasteiger partial charge < -0.3 is 5.32 Å². The zero-order valence-electron chi connectivity index (χ0n) is 9.85. The van der Waals surface area contributed by atoms with Gasteiger partial charge in [0.05, 0.1) is 11.9 Å². The van der Waals surface area contributed by atoms with Crippen LogP contribution in [0.1, 0.15) is 32.7 Å². The summed E-state index contributed by atoms with van der Waals surface area (Å²) in [6, 6.07) is 0.858. The van der Waals surface area contributed by atoms with E-state index in [1.807, 2.05) is 17.1 Å². The molecule has 0 aliphatic carbocycles. The largest absolute Gasteiger partial charge is 0.380 e. The minimum absolute atomic E-state index is 0.398. The quantitative estimate of drug-likeness (QED) is 0.877. The van der Waals surface area contributed by atoms with Crippen molar-refractivity contribution in [2.75, 3.05) is 16.8 Å². The molecule has 5 heteroatoms. The van der Waals surface area contributed by atoms with Gasteiger partial charge in [-0.1, -0.05) is 0 Å². The normalized spacial score (nSPS) is 25.9. The molecule has 1 aromatic rings. The van der Waals surface area contributed by atoms with Gasteiger partial charge in [0.2, 0.25) is 0 Å². The van der Waals surface area contributed by atoms with Crippen molar-refractivity contribution in [3.05, 3.63) is 12.4 Å². The molecule has 1 aromatic heterocycles. The molecule has 0 aromatic carbocycles. The molecule has 0 amide bonds. The topological polar surface area (TPSA) is 46.9 Å². The average molecular weight is 241 g/mol. The first-order valence-corrected chi connectivity index (χ1v) is 7.29. The van der Waals surface area contributed by atoms with E-state index >= 15 is 0 Å². The van der Waals surface area contributed by atoms with Crippen LogP contribution in [0.2, 0.25) is 0 Å². The molecule has 4 nitrogen and oxygen atoms in total. The Morgan fingerprint density at radius 3 is 2.75 bits per heavy atom. The molecular formula is C11H19N3OS. The smallest absolute Gasteiger partial charge is 0.0728 e. The van der Waals surface area contributed by atoms with Crippen molar-refractivity contribution in [1.82, 2.24) is 9.78 Å². The first kappa shape index (κ1) is 11.6. The van der Waals surface area contributed by atoms with Crippen LogP contribution >= 0.6 is 0 Å². The van der Waals surface area contributed by atoms with E-state index in [9.17, 15) is 4.21 Å². The number of nitrogens with one attached hydrogen (secondary N) is 1. The van der Waals surface area contributed by atoms with Crippen LogP contribution in [0, 0.1) is 0 Å². The number of rotatable bonds is 3. The lowest BCUT2D eigenvalue weighted by Crippen LogP contribution is -2.29. The Hall–Kier alpha value is -0.840. The van der Waals surface area contributed by atoms with Gasteiger partial charge in [-0.25, -0.2) is 0 Å². The Morgan fingerprint density at radius 1 is 1.50 bits per heavy atom. The Morgan fingerprint density at radius 2 is 2.19 bits per heavy atom. The summed E-state index contributed by atoms with van der Waals surface area (Å²) in [6.45, 7) is 4.22. The second-order valence-electron chi connectivity index (χ2n) is 4.57. The van der Waals surface area contributed by atoms with Gasteiger partial charge in [0.1, 0.15) is 0 Å². The predicted octanol–water partition coefficient (Wildman–Crippen LogP) is 1.79. The lowest BCUT2D eigenvalue weighted by molar-refractivity contribution is 0.532. The summed E-state index contributed by atoms with van der Waals surface area (Å²) in [4.78, 5) is 0. The lowest BCUT2D eigenvalue weighted by atomic mass is 10.1. The highest BCUT2D eigenvalue weighted by molar-refractivity contribution is 7.85. The fourth-order valence-corrected chi connectivity index (χ4v) is 3.17. The van der Waals surface area contributed by atoms with Gasteiger partial charge in [0.15, 0.2) is 0 Å². The third-order valence-electron chi connectivity index (χ3n) is 2.89. The molecule has 1 aliphatic rings. The van der Waals surface area contributed by atoms with E-state index in [1.54, 1.807) is 0 Å². The molecule has 1 fully saturated rings. The van der Waals surface area contributed by atoms with Crippen LogP contribution in [-0.2, 0) is 10.8 Å². The molecule has 0 atom stereocenters. The Bertz CT molecular complexity index is 365. The van der Waals surface area contributed by atoms with Crippen LogP contribution in [0.5, 0.6) is 0 Å². The molecule has 2 heterocycles. The summed E-state index contributed by atoms with van der Waals surface area (Å²) < 4.78 is 13.2. The van der Waals surface area contributed by atoms with E-state index in [0.717, 1.165) is 30.0 Å². The van der Waals surface area contributed by atoms with Gasteiger partial charge in [-0.15, -0.1) is 0 Å².